The van der Waals surface area contributed by atoms with E-state index in [1.54, 1.807) is 10.4 Å². The Hall–Kier alpha value is -2.44. The van der Waals surface area contributed by atoms with Gasteiger partial charge in [-0.05, 0) is 68.2 Å². The number of rotatable bonds is 4. The van der Waals surface area contributed by atoms with Gasteiger partial charge in [0.1, 0.15) is 0 Å². The molecular formula is C25H28N2O3S. The molecule has 0 bridgehead atoms. The van der Waals surface area contributed by atoms with E-state index >= 15 is 0 Å². The van der Waals surface area contributed by atoms with Gasteiger partial charge >= 0.3 is 0 Å². The Morgan fingerprint density at radius 2 is 1.81 bits per heavy atom. The number of aromatic nitrogens is 1. The maximum atomic E-state index is 13.5. The monoisotopic (exact) mass is 436 g/mol. The molecule has 0 unspecified atom stereocenters. The van der Waals surface area contributed by atoms with Crippen molar-refractivity contribution in [1.82, 2.24) is 9.29 Å². The molecule has 0 radical (unpaired) electrons. The maximum absolute atomic E-state index is 13.5. The molecule has 162 valence electrons. The number of hydrogen-bond acceptors (Lipinski definition) is 3. The van der Waals surface area contributed by atoms with Crippen molar-refractivity contribution in [2.75, 3.05) is 13.1 Å². The van der Waals surface area contributed by atoms with Crippen LogP contribution in [-0.4, -0.2) is 36.6 Å². The van der Waals surface area contributed by atoms with Crippen LogP contribution >= 0.6 is 0 Å². The largest absolute Gasteiger partial charge is 0.358 e. The molecule has 6 heteroatoms. The third-order valence-electron chi connectivity index (χ3n) is 6.84. The number of carbonyl (C=O) groups excluding carboxylic acids is 1. The van der Waals surface area contributed by atoms with Crippen LogP contribution in [0.1, 0.15) is 52.9 Å². The predicted molar refractivity (Wildman–Crippen MR) is 122 cm³/mol. The van der Waals surface area contributed by atoms with Crippen LogP contribution < -0.4 is 0 Å². The summed E-state index contributed by atoms with van der Waals surface area (Å²) in [5, 5.41) is 0.859. The average molecular weight is 437 g/mol. The molecule has 31 heavy (non-hydrogen) atoms. The van der Waals surface area contributed by atoms with Gasteiger partial charge in [0, 0.05) is 41.7 Å². The van der Waals surface area contributed by atoms with E-state index in [1.165, 1.54) is 5.56 Å². The van der Waals surface area contributed by atoms with E-state index in [4.69, 9.17) is 0 Å². The summed E-state index contributed by atoms with van der Waals surface area (Å²) in [6, 6.07) is 14.0. The standard InChI is InChI=1S/C25H28N2O3S/c1-17-14-20-22(26-21-8-5-9-23(28)25(20)21)16-24(17)31(29,30)27-12-10-19(11-13-27)15-18-6-3-2-4-7-18/h2-4,6-7,14,16,19,26H,5,8-13,15H2,1H3. The summed E-state index contributed by atoms with van der Waals surface area (Å²) < 4.78 is 28.6. The van der Waals surface area contributed by atoms with Gasteiger partial charge in [-0.15, -0.1) is 0 Å². The molecule has 5 nitrogen and oxygen atoms in total. The number of carbonyl (C=O) groups is 1. The van der Waals surface area contributed by atoms with E-state index in [-0.39, 0.29) is 5.78 Å². The van der Waals surface area contributed by atoms with Crippen LogP contribution in [0, 0.1) is 12.8 Å². The molecule has 0 amide bonds. The van der Waals surface area contributed by atoms with E-state index in [0.717, 1.165) is 54.3 Å². The fourth-order valence-electron chi connectivity index (χ4n) is 5.16. The number of H-pyrrole nitrogens is 1. The van der Waals surface area contributed by atoms with Gasteiger partial charge in [0.05, 0.1) is 4.90 Å². The average Bonchev–Trinajstić information content (AvgIpc) is 3.13. The molecule has 0 saturated carbocycles. The lowest BCUT2D eigenvalue weighted by molar-refractivity contribution is 0.0974. The van der Waals surface area contributed by atoms with Crippen molar-refractivity contribution in [2.45, 2.75) is 50.3 Å². The minimum absolute atomic E-state index is 0.156. The summed E-state index contributed by atoms with van der Waals surface area (Å²) in [7, 11) is -3.57. The van der Waals surface area contributed by atoms with Gasteiger partial charge in [-0.2, -0.15) is 4.31 Å². The van der Waals surface area contributed by atoms with Crippen molar-refractivity contribution >= 4 is 26.7 Å². The minimum Gasteiger partial charge on any atom is -0.358 e. The van der Waals surface area contributed by atoms with Crippen molar-refractivity contribution in [3.63, 3.8) is 0 Å². The fraction of sp³-hybridized carbons (Fsp3) is 0.400. The van der Waals surface area contributed by atoms with Crippen LogP contribution in [0.5, 0.6) is 0 Å². The number of nitrogens with zero attached hydrogens (tertiary/aromatic N) is 1. The highest BCUT2D eigenvalue weighted by Crippen LogP contribution is 2.34. The number of aromatic amines is 1. The number of fused-ring (bicyclic) bond motifs is 3. The first-order valence-electron chi connectivity index (χ1n) is 11.2. The highest BCUT2D eigenvalue weighted by molar-refractivity contribution is 7.89. The van der Waals surface area contributed by atoms with E-state index in [1.807, 2.05) is 19.1 Å². The summed E-state index contributed by atoms with van der Waals surface area (Å²) >= 11 is 0. The predicted octanol–water partition coefficient (Wildman–Crippen LogP) is 4.64. The lowest BCUT2D eigenvalue weighted by Crippen LogP contribution is -2.39. The van der Waals surface area contributed by atoms with Gasteiger partial charge in [0.15, 0.2) is 5.78 Å². The van der Waals surface area contributed by atoms with Crippen LogP contribution in [0.3, 0.4) is 0 Å². The van der Waals surface area contributed by atoms with Crippen LogP contribution in [0.2, 0.25) is 0 Å². The van der Waals surface area contributed by atoms with Gasteiger partial charge in [0.25, 0.3) is 0 Å². The minimum atomic E-state index is -3.57. The van der Waals surface area contributed by atoms with Crippen LogP contribution in [-0.2, 0) is 22.9 Å². The molecule has 1 aromatic heterocycles. The van der Waals surface area contributed by atoms with Crippen molar-refractivity contribution in [3.05, 3.63) is 64.8 Å². The second-order valence-corrected chi connectivity index (χ2v) is 10.9. The summed E-state index contributed by atoms with van der Waals surface area (Å²) in [6.45, 7) is 2.94. The molecule has 1 N–H and O–H groups in total. The zero-order valence-electron chi connectivity index (χ0n) is 17.9. The number of piperidine rings is 1. The Labute approximate surface area is 183 Å². The highest BCUT2D eigenvalue weighted by Gasteiger charge is 2.32. The van der Waals surface area contributed by atoms with Crippen LogP contribution in [0.25, 0.3) is 10.9 Å². The second-order valence-electron chi connectivity index (χ2n) is 8.96. The van der Waals surface area contributed by atoms with E-state index in [0.29, 0.717) is 35.9 Å². The zero-order chi connectivity index (χ0) is 21.6. The normalized spacial score (nSPS) is 18.4. The molecule has 1 fully saturated rings. The number of hydrogen-bond donors (Lipinski definition) is 1. The number of aryl methyl sites for hydroxylation is 2. The third kappa shape index (κ3) is 3.72. The molecule has 1 saturated heterocycles. The number of Topliss-reactive ketones (excluding diaryl/α,β-unsaturated/α-hetero) is 1. The molecule has 2 aromatic carbocycles. The highest BCUT2D eigenvalue weighted by atomic mass is 32.2. The molecule has 0 spiro atoms. The zero-order valence-corrected chi connectivity index (χ0v) is 18.7. The molecule has 2 aliphatic rings. The maximum Gasteiger partial charge on any atom is 0.243 e. The molecule has 3 aromatic rings. The Morgan fingerprint density at radius 1 is 1.06 bits per heavy atom. The van der Waals surface area contributed by atoms with Gasteiger partial charge < -0.3 is 4.98 Å². The first-order valence-corrected chi connectivity index (χ1v) is 12.6. The number of sulfonamides is 1. The molecule has 5 rings (SSSR count). The first-order chi connectivity index (χ1) is 14.9. The number of benzene rings is 2. The van der Waals surface area contributed by atoms with Crippen molar-refractivity contribution < 1.29 is 13.2 Å². The molecule has 0 atom stereocenters. The summed E-state index contributed by atoms with van der Waals surface area (Å²) in [4.78, 5) is 16.1. The van der Waals surface area contributed by atoms with Gasteiger partial charge in [-0.3, -0.25) is 4.79 Å². The quantitative estimate of drug-likeness (QED) is 0.648. The van der Waals surface area contributed by atoms with E-state index < -0.39 is 10.0 Å². The van der Waals surface area contributed by atoms with Crippen molar-refractivity contribution in [2.24, 2.45) is 5.92 Å². The van der Waals surface area contributed by atoms with Crippen molar-refractivity contribution in [3.8, 4) is 0 Å². The molecule has 1 aliphatic carbocycles. The van der Waals surface area contributed by atoms with Crippen LogP contribution in [0.4, 0.5) is 0 Å². The van der Waals surface area contributed by atoms with E-state index in [2.05, 4.69) is 29.2 Å². The SMILES string of the molecule is Cc1cc2c3c([nH]c2cc1S(=O)(=O)N1CCC(Cc2ccccc2)CC1)CCCC3=O. The third-order valence-corrected chi connectivity index (χ3v) is 8.88. The fourth-order valence-corrected chi connectivity index (χ4v) is 6.86. The summed E-state index contributed by atoms with van der Waals surface area (Å²) in [5.41, 5.74) is 4.48. The number of nitrogens with one attached hydrogen (secondary N) is 1. The molecule has 2 heterocycles. The Bertz CT molecular complexity index is 1240. The molecular weight excluding hydrogens is 408 g/mol. The molecule has 1 aliphatic heterocycles. The topological polar surface area (TPSA) is 70.2 Å². The Kier molecular flexibility index (Phi) is 5.22. The van der Waals surface area contributed by atoms with Gasteiger partial charge in [0.2, 0.25) is 10.0 Å². The lowest BCUT2D eigenvalue weighted by Gasteiger charge is -2.31. The summed E-state index contributed by atoms with van der Waals surface area (Å²) in [5.74, 6) is 0.668. The van der Waals surface area contributed by atoms with Crippen molar-refractivity contribution in [1.29, 1.82) is 0 Å². The Morgan fingerprint density at radius 3 is 2.55 bits per heavy atom. The first kappa shape index (κ1) is 20.5. The second kappa shape index (κ2) is 7.92. The Balaban J connectivity index is 1.38. The van der Waals surface area contributed by atoms with Gasteiger partial charge in [-0.25, -0.2) is 8.42 Å². The summed E-state index contributed by atoms with van der Waals surface area (Å²) in [6.07, 6.45) is 5.01. The smallest absolute Gasteiger partial charge is 0.243 e. The van der Waals surface area contributed by atoms with Crippen LogP contribution in [0.15, 0.2) is 47.4 Å². The van der Waals surface area contributed by atoms with Gasteiger partial charge in [-0.1, -0.05) is 30.3 Å². The van der Waals surface area contributed by atoms with E-state index in [9.17, 15) is 13.2 Å². The lowest BCUT2D eigenvalue weighted by atomic mass is 9.91. The number of ketones is 1.